The number of carbonyl (C=O) groups is 2. The summed E-state index contributed by atoms with van der Waals surface area (Å²) in [6.07, 6.45) is 0.290. The molecule has 1 amide bonds. The first-order valence-electron chi connectivity index (χ1n) is 7.54. The van der Waals surface area contributed by atoms with Crippen molar-refractivity contribution >= 4 is 12.1 Å². The van der Waals surface area contributed by atoms with E-state index in [0.29, 0.717) is 6.54 Å². The number of ether oxygens (including phenoxy) is 1. The predicted molar refractivity (Wildman–Crippen MR) is 82.6 cm³/mol. The van der Waals surface area contributed by atoms with Crippen molar-refractivity contribution in [2.24, 2.45) is 5.41 Å². The fraction of sp³-hybridized carbons (Fsp3) is 0.529. The molecule has 1 aromatic rings. The second-order valence-electron chi connectivity index (χ2n) is 6.65. The zero-order valence-corrected chi connectivity index (χ0v) is 13.3. The van der Waals surface area contributed by atoms with Crippen molar-refractivity contribution in [3.63, 3.8) is 0 Å². The highest BCUT2D eigenvalue weighted by Crippen LogP contribution is 2.29. The van der Waals surface area contributed by atoms with Crippen LogP contribution in [0, 0.1) is 5.41 Å². The molecule has 1 saturated heterocycles. The lowest BCUT2D eigenvalue weighted by Crippen LogP contribution is -2.61. The van der Waals surface area contributed by atoms with Crippen LogP contribution in [-0.4, -0.2) is 40.8 Å². The number of amides is 1. The third-order valence-corrected chi connectivity index (χ3v) is 4.10. The van der Waals surface area contributed by atoms with Gasteiger partial charge in [0, 0.05) is 6.54 Å². The zero-order chi connectivity index (χ0) is 16.3. The van der Waals surface area contributed by atoms with E-state index in [1.807, 2.05) is 32.0 Å². The molecule has 1 aliphatic heterocycles. The smallest absolute Gasteiger partial charge is 0.408 e. The van der Waals surface area contributed by atoms with Gasteiger partial charge in [-0.1, -0.05) is 44.2 Å². The third kappa shape index (κ3) is 3.78. The van der Waals surface area contributed by atoms with Crippen LogP contribution in [0.1, 0.15) is 32.8 Å². The zero-order valence-electron chi connectivity index (χ0n) is 13.3. The Morgan fingerprint density at radius 2 is 1.95 bits per heavy atom. The first-order valence-corrected chi connectivity index (χ1v) is 7.54. The number of aryl methyl sites for hydroxylation is 1. The van der Waals surface area contributed by atoms with Gasteiger partial charge in [-0.25, -0.2) is 9.59 Å². The van der Waals surface area contributed by atoms with Crippen molar-refractivity contribution in [1.82, 2.24) is 4.90 Å². The summed E-state index contributed by atoms with van der Waals surface area (Å²) >= 11 is 0. The highest BCUT2D eigenvalue weighted by atomic mass is 16.6. The maximum atomic E-state index is 11.5. The minimum Gasteiger partial charge on any atom is -0.465 e. The first kappa shape index (κ1) is 16.3. The summed E-state index contributed by atoms with van der Waals surface area (Å²) in [5, 5.41) is 9.41. The standard InChI is InChI=1S/C17H23NO4/c1-12-14(15(19)22-12)18(16(20)21)11-17(2,3)10-9-13-7-5-4-6-8-13/h4-8,12,14H,9-11H2,1-3H3,(H,20,21)/t12-,14+/m0/s1. The summed E-state index contributed by atoms with van der Waals surface area (Å²) in [7, 11) is 0. The minimum absolute atomic E-state index is 0.218. The van der Waals surface area contributed by atoms with Crippen LogP contribution in [0.4, 0.5) is 4.79 Å². The molecule has 2 atom stereocenters. The van der Waals surface area contributed by atoms with Gasteiger partial charge in [0.1, 0.15) is 6.10 Å². The van der Waals surface area contributed by atoms with E-state index in [0.717, 1.165) is 12.8 Å². The van der Waals surface area contributed by atoms with Crippen LogP contribution in [0.3, 0.4) is 0 Å². The molecule has 0 aromatic heterocycles. The maximum absolute atomic E-state index is 11.5. The second kappa shape index (κ2) is 6.38. The fourth-order valence-electron chi connectivity index (χ4n) is 2.77. The molecule has 5 heteroatoms. The molecule has 2 rings (SSSR count). The van der Waals surface area contributed by atoms with Gasteiger partial charge in [0.15, 0.2) is 6.04 Å². The van der Waals surface area contributed by atoms with Crippen molar-refractivity contribution in [2.75, 3.05) is 6.54 Å². The Balaban J connectivity index is 1.98. The van der Waals surface area contributed by atoms with Crippen molar-refractivity contribution in [3.05, 3.63) is 35.9 Å². The van der Waals surface area contributed by atoms with Crippen LogP contribution < -0.4 is 0 Å². The van der Waals surface area contributed by atoms with Gasteiger partial charge in [-0.2, -0.15) is 0 Å². The maximum Gasteiger partial charge on any atom is 0.408 e. The number of hydrogen-bond acceptors (Lipinski definition) is 3. The van der Waals surface area contributed by atoms with Gasteiger partial charge < -0.3 is 9.84 Å². The van der Waals surface area contributed by atoms with Crippen LogP contribution >= 0.6 is 0 Å². The summed E-state index contributed by atoms with van der Waals surface area (Å²) in [6.45, 7) is 6.10. The molecule has 1 aliphatic rings. The fourth-order valence-corrected chi connectivity index (χ4v) is 2.77. The largest absolute Gasteiger partial charge is 0.465 e. The van der Waals surface area contributed by atoms with E-state index in [2.05, 4.69) is 12.1 Å². The second-order valence-corrected chi connectivity index (χ2v) is 6.65. The Morgan fingerprint density at radius 3 is 2.45 bits per heavy atom. The van der Waals surface area contributed by atoms with Crippen molar-refractivity contribution in [2.45, 2.75) is 45.8 Å². The summed E-state index contributed by atoms with van der Waals surface area (Å²) in [6, 6.07) is 9.43. The van der Waals surface area contributed by atoms with Gasteiger partial charge in [-0.3, -0.25) is 4.90 Å². The van der Waals surface area contributed by atoms with E-state index >= 15 is 0 Å². The van der Waals surface area contributed by atoms with Gasteiger partial charge in [-0.05, 0) is 30.7 Å². The number of nitrogens with zero attached hydrogens (tertiary/aromatic N) is 1. The lowest BCUT2D eigenvalue weighted by Gasteiger charge is -2.42. The normalized spacial score (nSPS) is 21.0. The molecule has 1 N–H and O–H groups in total. The number of carbonyl (C=O) groups excluding carboxylic acids is 1. The van der Waals surface area contributed by atoms with Gasteiger partial charge >= 0.3 is 12.1 Å². The van der Waals surface area contributed by atoms with Crippen LogP contribution in [-0.2, 0) is 16.0 Å². The molecular weight excluding hydrogens is 282 g/mol. The Bertz CT molecular complexity index is 541. The molecule has 0 unspecified atom stereocenters. The van der Waals surface area contributed by atoms with Crippen molar-refractivity contribution in [1.29, 1.82) is 0 Å². The first-order chi connectivity index (χ1) is 10.3. The average Bonchev–Trinajstić information content (AvgIpc) is 2.45. The lowest BCUT2D eigenvalue weighted by atomic mass is 9.85. The van der Waals surface area contributed by atoms with E-state index in [1.165, 1.54) is 10.5 Å². The number of cyclic esters (lactones) is 1. The number of carboxylic acid groups (broad SMARTS) is 1. The molecule has 0 radical (unpaired) electrons. The van der Waals surface area contributed by atoms with E-state index in [9.17, 15) is 14.7 Å². The van der Waals surface area contributed by atoms with Crippen LogP contribution in [0.5, 0.6) is 0 Å². The molecule has 0 spiro atoms. The van der Waals surface area contributed by atoms with E-state index in [1.54, 1.807) is 6.92 Å². The monoisotopic (exact) mass is 305 g/mol. The molecule has 1 heterocycles. The number of hydrogen-bond donors (Lipinski definition) is 1. The Kier molecular flexibility index (Phi) is 4.74. The van der Waals surface area contributed by atoms with Crippen molar-refractivity contribution < 1.29 is 19.4 Å². The minimum atomic E-state index is -1.07. The number of benzene rings is 1. The van der Waals surface area contributed by atoms with Gasteiger partial charge in [0.05, 0.1) is 0 Å². The third-order valence-electron chi connectivity index (χ3n) is 4.10. The molecule has 0 aliphatic carbocycles. The molecular formula is C17H23NO4. The highest BCUT2D eigenvalue weighted by Gasteiger charge is 2.47. The molecule has 5 nitrogen and oxygen atoms in total. The molecule has 0 bridgehead atoms. The van der Waals surface area contributed by atoms with Crippen LogP contribution in [0.25, 0.3) is 0 Å². The highest BCUT2D eigenvalue weighted by molar-refractivity contribution is 5.86. The summed E-state index contributed by atoms with van der Waals surface area (Å²) in [5.74, 6) is -0.450. The van der Waals surface area contributed by atoms with Gasteiger partial charge in [0.25, 0.3) is 0 Å². The lowest BCUT2D eigenvalue weighted by molar-refractivity contribution is -0.184. The Hall–Kier alpha value is -2.04. The predicted octanol–water partition coefficient (Wildman–Crippen LogP) is 2.94. The molecule has 1 aromatic carbocycles. The summed E-state index contributed by atoms with van der Waals surface area (Å²) in [5.41, 5.74) is 1.01. The molecule has 22 heavy (non-hydrogen) atoms. The van der Waals surface area contributed by atoms with E-state index in [-0.39, 0.29) is 11.5 Å². The number of esters is 1. The quantitative estimate of drug-likeness (QED) is 0.821. The molecule has 120 valence electrons. The van der Waals surface area contributed by atoms with Crippen LogP contribution in [0.15, 0.2) is 30.3 Å². The number of rotatable bonds is 6. The van der Waals surface area contributed by atoms with Gasteiger partial charge in [0.2, 0.25) is 0 Å². The Morgan fingerprint density at radius 1 is 1.32 bits per heavy atom. The summed E-state index contributed by atoms with van der Waals surface area (Å²) < 4.78 is 4.88. The van der Waals surface area contributed by atoms with Crippen LogP contribution in [0.2, 0.25) is 0 Å². The van der Waals surface area contributed by atoms with E-state index < -0.39 is 18.1 Å². The van der Waals surface area contributed by atoms with E-state index in [4.69, 9.17) is 4.74 Å². The summed E-state index contributed by atoms with van der Waals surface area (Å²) in [4.78, 5) is 24.2. The SMILES string of the molecule is C[C@@H]1OC(=O)[C@@H]1N(CC(C)(C)CCc1ccccc1)C(=O)O. The van der Waals surface area contributed by atoms with Gasteiger partial charge in [-0.15, -0.1) is 0 Å². The average molecular weight is 305 g/mol. The van der Waals surface area contributed by atoms with Crippen molar-refractivity contribution in [3.8, 4) is 0 Å². The molecule has 1 fully saturated rings. The molecule has 0 saturated carbocycles. The Labute approximate surface area is 130 Å². The topological polar surface area (TPSA) is 66.8 Å².